The average molecular weight is 430 g/mol. The first kappa shape index (κ1) is 22.5. The summed E-state index contributed by atoms with van der Waals surface area (Å²) in [5.74, 6) is 1.64. The molecule has 3 rings (SSSR count). The molecule has 0 aromatic heterocycles. The highest BCUT2D eigenvalue weighted by Gasteiger charge is 2.36. The minimum absolute atomic E-state index is 0.0385. The molecule has 0 saturated carbocycles. The predicted molar refractivity (Wildman–Crippen MR) is 122 cm³/mol. The largest absolute Gasteiger partial charge is 0.493 e. The number of fused-ring (bicyclic) bond motifs is 1. The number of methoxy groups -OCH3 is 2. The maximum absolute atomic E-state index is 13.6. The number of carbonyl (C=O) groups is 1. The molecule has 0 fully saturated rings. The number of amides is 1. The van der Waals surface area contributed by atoms with E-state index in [0.717, 1.165) is 43.2 Å². The Morgan fingerprint density at radius 3 is 2.47 bits per heavy atom. The molecule has 0 aliphatic carbocycles. The Morgan fingerprint density at radius 2 is 1.83 bits per heavy atom. The molecule has 2 aromatic carbocycles. The number of unbranched alkanes of at least 4 members (excludes halogenated alkanes) is 1. The summed E-state index contributed by atoms with van der Waals surface area (Å²) < 4.78 is 11.1. The molecule has 2 aromatic rings. The van der Waals surface area contributed by atoms with Crippen molar-refractivity contribution < 1.29 is 14.3 Å². The van der Waals surface area contributed by atoms with Crippen LogP contribution < -0.4 is 9.47 Å². The Morgan fingerprint density at radius 1 is 1.13 bits per heavy atom. The lowest BCUT2D eigenvalue weighted by atomic mass is 9.86. The topological polar surface area (TPSA) is 38.8 Å². The molecule has 30 heavy (non-hydrogen) atoms. The van der Waals surface area contributed by atoms with E-state index in [4.69, 9.17) is 21.1 Å². The molecule has 0 N–H and O–H groups in total. The van der Waals surface area contributed by atoms with Gasteiger partial charge in [0.1, 0.15) is 0 Å². The van der Waals surface area contributed by atoms with E-state index in [2.05, 4.69) is 13.8 Å². The lowest BCUT2D eigenvalue weighted by molar-refractivity contribution is -0.138. The lowest BCUT2D eigenvalue weighted by Crippen LogP contribution is -2.43. The number of halogens is 1. The Bertz CT molecular complexity index is 883. The monoisotopic (exact) mass is 429 g/mol. The van der Waals surface area contributed by atoms with Crippen LogP contribution in [0.1, 0.15) is 62.3 Å². The quantitative estimate of drug-likeness (QED) is 0.512. The average Bonchev–Trinajstić information content (AvgIpc) is 2.78. The Labute approximate surface area is 185 Å². The van der Waals surface area contributed by atoms with E-state index < -0.39 is 0 Å². The van der Waals surface area contributed by atoms with Crippen LogP contribution in [0.4, 0.5) is 0 Å². The fraction of sp³-hybridized carbons (Fsp3) is 0.480. The zero-order valence-corrected chi connectivity index (χ0v) is 19.2. The van der Waals surface area contributed by atoms with Gasteiger partial charge in [0.25, 0.3) is 0 Å². The van der Waals surface area contributed by atoms with Gasteiger partial charge in [0.05, 0.1) is 20.3 Å². The number of ether oxygens (including phenoxy) is 2. The number of rotatable bonds is 8. The van der Waals surface area contributed by atoms with Crippen molar-refractivity contribution in [2.45, 2.75) is 52.0 Å². The summed E-state index contributed by atoms with van der Waals surface area (Å²) in [7, 11) is 3.28. The van der Waals surface area contributed by atoms with E-state index in [-0.39, 0.29) is 17.9 Å². The highest BCUT2D eigenvalue weighted by molar-refractivity contribution is 6.31. The second-order valence-corrected chi connectivity index (χ2v) is 8.27. The highest BCUT2D eigenvalue weighted by atomic mass is 35.5. The third-order valence-corrected chi connectivity index (χ3v) is 6.45. The van der Waals surface area contributed by atoms with Crippen LogP contribution in [0, 0.1) is 5.92 Å². The molecule has 0 radical (unpaired) electrons. The summed E-state index contributed by atoms with van der Waals surface area (Å²) in [4.78, 5) is 15.7. The van der Waals surface area contributed by atoms with Gasteiger partial charge in [0.15, 0.2) is 11.5 Å². The van der Waals surface area contributed by atoms with Crippen molar-refractivity contribution >= 4 is 17.5 Å². The highest BCUT2D eigenvalue weighted by Crippen LogP contribution is 2.43. The maximum atomic E-state index is 13.6. The number of hydrogen-bond donors (Lipinski definition) is 0. The van der Waals surface area contributed by atoms with Crippen LogP contribution in [0.15, 0.2) is 36.4 Å². The van der Waals surface area contributed by atoms with Crippen LogP contribution in [0.5, 0.6) is 11.5 Å². The van der Waals surface area contributed by atoms with Crippen LogP contribution >= 0.6 is 11.6 Å². The Balaban J connectivity index is 2.11. The van der Waals surface area contributed by atoms with Crippen LogP contribution in [0.2, 0.25) is 5.02 Å². The van der Waals surface area contributed by atoms with E-state index in [0.29, 0.717) is 23.1 Å². The molecule has 1 aliphatic rings. The number of carbonyl (C=O) groups excluding carboxylic acids is 1. The summed E-state index contributed by atoms with van der Waals surface area (Å²) in [5, 5.41) is 0.671. The molecule has 1 heterocycles. The summed E-state index contributed by atoms with van der Waals surface area (Å²) in [6, 6.07) is 11.6. The lowest BCUT2D eigenvalue weighted by Gasteiger charge is -2.40. The molecule has 2 atom stereocenters. The summed E-state index contributed by atoms with van der Waals surface area (Å²) in [5.41, 5.74) is 3.18. The molecule has 2 unspecified atom stereocenters. The summed E-state index contributed by atoms with van der Waals surface area (Å²) in [6.45, 7) is 4.94. The van der Waals surface area contributed by atoms with Crippen LogP contribution in [-0.4, -0.2) is 31.6 Å². The number of benzene rings is 2. The van der Waals surface area contributed by atoms with Gasteiger partial charge < -0.3 is 14.4 Å². The van der Waals surface area contributed by atoms with Gasteiger partial charge in [-0.2, -0.15) is 0 Å². The minimum Gasteiger partial charge on any atom is -0.493 e. The van der Waals surface area contributed by atoms with Crippen molar-refractivity contribution in [3.8, 4) is 11.5 Å². The van der Waals surface area contributed by atoms with Gasteiger partial charge in [-0.3, -0.25) is 4.79 Å². The molecule has 0 saturated heterocycles. The molecule has 0 bridgehead atoms. The molecule has 1 aliphatic heterocycles. The standard InChI is InChI=1S/C25H32ClNO3/c1-5-7-10-17(6-2)25(28)27-14-13-18-15-22(29-3)23(30-4)16-20(18)24(27)19-11-8-9-12-21(19)26/h8-9,11-12,15-17,24H,5-7,10,13-14H2,1-4H3. The molecule has 162 valence electrons. The third-order valence-electron chi connectivity index (χ3n) is 6.10. The SMILES string of the molecule is CCCCC(CC)C(=O)N1CCc2cc(OC)c(OC)cc2C1c1ccccc1Cl. The first-order valence-corrected chi connectivity index (χ1v) is 11.2. The normalized spacial score (nSPS) is 16.7. The zero-order valence-electron chi connectivity index (χ0n) is 18.4. The van der Waals surface area contributed by atoms with Gasteiger partial charge in [0, 0.05) is 17.5 Å². The number of nitrogens with zero attached hydrogens (tertiary/aromatic N) is 1. The van der Waals surface area contributed by atoms with E-state index >= 15 is 0 Å². The second-order valence-electron chi connectivity index (χ2n) is 7.86. The van der Waals surface area contributed by atoms with Crippen molar-refractivity contribution in [2.24, 2.45) is 5.92 Å². The Kier molecular flexibility index (Phi) is 7.65. The predicted octanol–water partition coefficient (Wildman–Crippen LogP) is 6.05. The smallest absolute Gasteiger partial charge is 0.226 e. The maximum Gasteiger partial charge on any atom is 0.226 e. The number of hydrogen-bond acceptors (Lipinski definition) is 3. The van der Waals surface area contributed by atoms with Crippen molar-refractivity contribution in [3.63, 3.8) is 0 Å². The van der Waals surface area contributed by atoms with E-state index in [9.17, 15) is 4.79 Å². The zero-order chi connectivity index (χ0) is 21.7. The van der Waals surface area contributed by atoms with Gasteiger partial charge in [-0.1, -0.05) is 56.5 Å². The first-order chi connectivity index (χ1) is 14.5. The fourth-order valence-corrected chi connectivity index (χ4v) is 4.64. The van der Waals surface area contributed by atoms with Gasteiger partial charge >= 0.3 is 0 Å². The van der Waals surface area contributed by atoms with Crippen molar-refractivity contribution in [1.82, 2.24) is 4.90 Å². The molecular weight excluding hydrogens is 398 g/mol. The minimum atomic E-state index is -0.231. The third kappa shape index (κ3) is 4.44. The van der Waals surface area contributed by atoms with Crippen molar-refractivity contribution in [2.75, 3.05) is 20.8 Å². The molecule has 4 nitrogen and oxygen atoms in total. The van der Waals surface area contributed by atoms with E-state index in [1.54, 1.807) is 14.2 Å². The summed E-state index contributed by atoms with van der Waals surface area (Å²) in [6.07, 6.45) is 4.72. The van der Waals surface area contributed by atoms with Gasteiger partial charge in [-0.25, -0.2) is 0 Å². The molecule has 1 amide bonds. The van der Waals surface area contributed by atoms with Gasteiger partial charge in [-0.05, 0) is 54.2 Å². The van der Waals surface area contributed by atoms with Crippen molar-refractivity contribution in [1.29, 1.82) is 0 Å². The second kappa shape index (κ2) is 10.2. The Hall–Kier alpha value is -2.20. The van der Waals surface area contributed by atoms with Crippen molar-refractivity contribution in [3.05, 3.63) is 58.1 Å². The first-order valence-electron chi connectivity index (χ1n) is 10.8. The van der Waals surface area contributed by atoms with Crippen LogP contribution in [0.25, 0.3) is 0 Å². The molecular formula is C25H32ClNO3. The molecule has 0 spiro atoms. The van der Waals surface area contributed by atoms with Gasteiger partial charge in [0.2, 0.25) is 5.91 Å². The van der Waals surface area contributed by atoms with Crippen LogP contribution in [0.3, 0.4) is 0 Å². The van der Waals surface area contributed by atoms with E-state index in [1.807, 2.05) is 41.3 Å². The fourth-order valence-electron chi connectivity index (χ4n) is 4.40. The van der Waals surface area contributed by atoms with E-state index in [1.165, 1.54) is 5.56 Å². The molecule has 5 heteroatoms. The van der Waals surface area contributed by atoms with Crippen LogP contribution in [-0.2, 0) is 11.2 Å². The summed E-state index contributed by atoms with van der Waals surface area (Å²) >= 11 is 6.63. The van der Waals surface area contributed by atoms with Gasteiger partial charge in [-0.15, -0.1) is 0 Å².